The predicted octanol–water partition coefficient (Wildman–Crippen LogP) is 13.8. The fourth-order valence-electron chi connectivity index (χ4n) is 8.19. The second-order valence-corrected chi connectivity index (χ2v) is 14.2. The lowest BCUT2D eigenvalue weighted by Crippen LogP contribution is -1.97. The maximum absolute atomic E-state index is 6.53. The zero-order valence-corrected chi connectivity index (χ0v) is 30.3. The van der Waals surface area contributed by atoms with Gasteiger partial charge in [-0.15, -0.1) is 0 Å². The number of hydrogen-bond donors (Lipinski definition) is 0. The molecule has 3 aromatic heterocycles. The van der Waals surface area contributed by atoms with Crippen molar-refractivity contribution in [3.05, 3.63) is 200 Å². The standard InChI is InChI=1S/C52H33N3O/c1-3-15-34(16-4-1)45-33-46(54-52(53-45)35-17-5-2-6-18-35)38-20-13-19-36(31-38)37-29-30-49-44(32-37)40-22-8-11-27-48(40)55(49)47-26-10-7-21-39(47)42-24-14-25-43-41-23-9-12-28-50(41)56-51(42)43/h1-33H. The normalized spacial score (nSPS) is 11.6. The molecular weight excluding hydrogens is 683 g/mol. The molecule has 262 valence electrons. The summed E-state index contributed by atoms with van der Waals surface area (Å²) in [4.78, 5) is 10.1. The highest BCUT2D eigenvalue weighted by Crippen LogP contribution is 2.42. The van der Waals surface area contributed by atoms with E-state index in [0.717, 1.165) is 89.0 Å². The Bertz CT molecular complexity index is 3190. The number of rotatable bonds is 6. The number of benzene rings is 8. The molecule has 0 atom stereocenters. The predicted molar refractivity (Wildman–Crippen MR) is 231 cm³/mol. The minimum atomic E-state index is 0.707. The van der Waals surface area contributed by atoms with E-state index in [1.165, 1.54) is 10.8 Å². The number of nitrogens with zero attached hydrogens (tertiary/aromatic N) is 3. The van der Waals surface area contributed by atoms with Gasteiger partial charge in [0.1, 0.15) is 11.2 Å². The van der Waals surface area contributed by atoms with Crippen LogP contribution in [0, 0.1) is 0 Å². The van der Waals surface area contributed by atoms with Gasteiger partial charge < -0.3 is 8.98 Å². The number of hydrogen-bond acceptors (Lipinski definition) is 3. The van der Waals surface area contributed by atoms with E-state index in [2.05, 4.69) is 156 Å². The van der Waals surface area contributed by atoms with Crippen LogP contribution in [0.15, 0.2) is 205 Å². The molecule has 0 bridgehead atoms. The van der Waals surface area contributed by atoms with E-state index in [1.54, 1.807) is 0 Å². The van der Waals surface area contributed by atoms with Crippen molar-refractivity contribution in [1.29, 1.82) is 0 Å². The van der Waals surface area contributed by atoms with Crippen molar-refractivity contribution in [2.45, 2.75) is 0 Å². The van der Waals surface area contributed by atoms with Gasteiger partial charge in [-0.2, -0.15) is 0 Å². The average molecular weight is 716 g/mol. The molecule has 0 saturated heterocycles. The Kier molecular flexibility index (Phi) is 7.46. The molecule has 0 unspecified atom stereocenters. The van der Waals surface area contributed by atoms with Crippen LogP contribution in [0.4, 0.5) is 0 Å². The van der Waals surface area contributed by atoms with Crippen LogP contribution in [-0.4, -0.2) is 14.5 Å². The molecular formula is C52H33N3O. The molecule has 4 nitrogen and oxygen atoms in total. The Hall–Kier alpha value is -7.56. The highest BCUT2D eigenvalue weighted by atomic mass is 16.3. The number of para-hydroxylation sites is 4. The summed E-state index contributed by atoms with van der Waals surface area (Å²) >= 11 is 0. The highest BCUT2D eigenvalue weighted by molar-refractivity contribution is 6.13. The maximum atomic E-state index is 6.53. The lowest BCUT2D eigenvalue weighted by atomic mass is 9.99. The summed E-state index contributed by atoms with van der Waals surface area (Å²) in [6.07, 6.45) is 0. The second kappa shape index (κ2) is 13.1. The number of fused-ring (bicyclic) bond motifs is 6. The van der Waals surface area contributed by atoms with Crippen molar-refractivity contribution in [3.63, 3.8) is 0 Å². The van der Waals surface area contributed by atoms with Gasteiger partial charge in [0.05, 0.1) is 28.1 Å². The van der Waals surface area contributed by atoms with E-state index in [4.69, 9.17) is 14.4 Å². The van der Waals surface area contributed by atoms with Gasteiger partial charge in [-0.25, -0.2) is 9.97 Å². The molecule has 0 radical (unpaired) electrons. The van der Waals surface area contributed by atoms with E-state index in [9.17, 15) is 0 Å². The fourth-order valence-corrected chi connectivity index (χ4v) is 8.19. The quantitative estimate of drug-likeness (QED) is 0.172. The third-order valence-electron chi connectivity index (χ3n) is 10.8. The first-order chi connectivity index (χ1) is 27.8. The Labute approximate surface area is 323 Å². The van der Waals surface area contributed by atoms with Crippen molar-refractivity contribution < 1.29 is 4.42 Å². The zero-order chi connectivity index (χ0) is 37.0. The largest absolute Gasteiger partial charge is 0.455 e. The molecule has 0 aliphatic heterocycles. The van der Waals surface area contributed by atoms with Gasteiger partial charge in [0, 0.05) is 49.4 Å². The van der Waals surface area contributed by atoms with Gasteiger partial charge in [0.2, 0.25) is 0 Å². The average Bonchev–Trinajstić information content (AvgIpc) is 3.83. The minimum Gasteiger partial charge on any atom is -0.455 e. The van der Waals surface area contributed by atoms with Gasteiger partial charge in [-0.3, -0.25) is 0 Å². The molecule has 56 heavy (non-hydrogen) atoms. The summed E-state index contributed by atoms with van der Waals surface area (Å²) in [6, 6.07) is 70.3. The molecule has 0 aliphatic rings. The summed E-state index contributed by atoms with van der Waals surface area (Å²) in [6.45, 7) is 0. The van der Waals surface area contributed by atoms with Crippen LogP contribution in [0.3, 0.4) is 0 Å². The summed E-state index contributed by atoms with van der Waals surface area (Å²) in [7, 11) is 0. The summed E-state index contributed by atoms with van der Waals surface area (Å²) < 4.78 is 8.93. The molecule has 11 rings (SSSR count). The monoisotopic (exact) mass is 715 g/mol. The molecule has 4 heteroatoms. The van der Waals surface area contributed by atoms with Crippen LogP contribution in [0.25, 0.3) is 106 Å². The smallest absolute Gasteiger partial charge is 0.160 e. The van der Waals surface area contributed by atoms with Crippen molar-refractivity contribution in [3.8, 4) is 61.8 Å². The first-order valence-electron chi connectivity index (χ1n) is 18.9. The van der Waals surface area contributed by atoms with Gasteiger partial charge in [0.15, 0.2) is 5.82 Å². The van der Waals surface area contributed by atoms with Crippen LogP contribution in [0.2, 0.25) is 0 Å². The Morgan fingerprint density at radius 2 is 0.946 bits per heavy atom. The zero-order valence-electron chi connectivity index (χ0n) is 30.3. The number of furan rings is 1. The Balaban J connectivity index is 1.05. The molecule has 0 spiro atoms. The van der Waals surface area contributed by atoms with Crippen LogP contribution in [0.1, 0.15) is 0 Å². The second-order valence-electron chi connectivity index (χ2n) is 14.2. The number of aromatic nitrogens is 3. The molecule has 0 saturated carbocycles. The van der Waals surface area contributed by atoms with E-state index in [1.807, 2.05) is 48.5 Å². The maximum Gasteiger partial charge on any atom is 0.160 e. The van der Waals surface area contributed by atoms with Crippen molar-refractivity contribution in [1.82, 2.24) is 14.5 Å². The van der Waals surface area contributed by atoms with Crippen molar-refractivity contribution in [2.24, 2.45) is 0 Å². The van der Waals surface area contributed by atoms with Crippen LogP contribution >= 0.6 is 0 Å². The van der Waals surface area contributed by atoms with E-state index in [-0.39, 0.29) is 0 Å². The topological polar surface area (TPSA) is 43.9 Å². The fraction of sp³-hybridized carbons (Fsp3) is 0. The molecule has 0 aliphatic carbocycles. The molecule has 0 N–H and O–H groups in total. The van der Waals surface area contributed by atoms with Crippen LogP contribution in [0.5, 0.6) is 0 Å². The summed E-state index contributed by atoms with van der Waals surface area (Å²) in [5.41, 5.74) is 14.5. The van der Waals surface area contributed by atoms with E-state index < -0.39 is 0 Å². The molecule has 11 aromatic rings. The van der Waals surface area contributed by atoms with Crippen LogP contribution < -0.4 is 0 Å². The lowest BCUT2D eigenvalue weighted by molar-refractivity contribution is 0.670. The van der Waals surface area contributed by atoms with Gasteiger partial charge >= 0.3 is 0 Å². The van der Waals surface area contributed by atoms with Gasteiger partial charge in [-0.1, -0.05) is 158 Å². The molecule has 0 amide bonds. The molecule has 3 heterocycles. The van der Waals surface area contributed by atoms with Crippen molar-refractivity contribution in [2.75, 3.05) is 0 Å². The third-order valence-corrected chi connectivity index (χ3v) is 10.8. The molecule has 8 aromatic carbocycles. The third kappa shape index (κ3) is 5.31. The van der Waals surface area contributed by atoms with Gasteiger partial charge in [0.25, 0.3) is 0 Å². The Morgan fingerprint density at radius 3 is 1.80 bits per heavy atom. The highest BCUT2D eigenvalue weighted by Gasteiger charge is 2.19. The lowest BCUT2D eigenvalue weighted by Gasteiger charge is -2.14. The summed E-state index contributed by atoms with van der Waals surface area (Å²) in [5.74, 6) is 0.707. The van der Waals surface area contributed by atoms with Crippen LogP contribution in [-0.2, 0) is 0 Å². The van der Waals surface area contributed by atoms with E-state index in [0.29, 0.717) is 5.82 Å². The first kappa shape index (κ1) is 31.9. The van der Waals surface area contributed by atoms with E-state index >= 15 is 0 Å². The van der Waals surface area contributed by atoms with Crippen molar-refractivity contribution >= 4 is 43.7 Å². The van der Waals surface area contributed by atoms with Gasteiger partial charge in [-0.05, 0) is 53.6 Å². The SMILES string of the molecule is c1ccc(-c2cc(-c3cccc(-c4ccc5c(c4)c4ccccc4n5-c4ccccc4-c4cccc5c4oc4ccccc45)c3)nc(-c3ccccc3)n2)cc1. The first-order valence-corrected chi connectivity index (χ1v) is 18.9. The minimum absolute atomic E-state index is 0.707. The molecule has 0 fully saturated rings. The Morgan fingerprint density at radius 1 is 0.357 bits per heavy atom. The summed E-state index contributed by atoms with van der Waals surface area (Å²) in [5, 5.41) is 4.65.